The first-order chi connectivity index (χ1) is 6.66. The molecule has 0 heterocycles. The molecule has 0 saturated carbocycles. The van der Waals surface area contributed by atoms with E-state index in [0.717, 1.165) is 11.1 Å². The van der Waals surface area contributed by atoms with E-state index in [2.05, 4.69) is 0 Å². The lowest BCUT2D eigenvalue weighted by atomic mass is 9.98. The summed E-state index contributed by atoms with van der Waals surface area (Å²) in [6.07, 6.45) is -1.20. The summed E-state index contributed by atoms with van der Waals surface area (Å²) < 4.78 is 0. The molecule has 1 aromatic rings. The Morgan fingerprint density at radius 3 is 2.50 bits per heavy atom. The summed E-state index contributed by atoms with van der Waals surface area (Å²) >= 11 is 0. The van der Waals surface area contributed by atoms with Crippen molar-refractivity contribution < 1.29 is 10.2 Å². The van der Waals surface area contributed by atoms with Crippen LogP contribution in [0.3, 0.4) is 0 Å². The number of benzene rings is 1. The Hall–Kier alpha value is -0.900. The van der Waals surface area contributed by atoms with Crippen molar-refractivity contribution in [2.75, 3.05) is 6.54 Å². The summed E-state index contributed by atoms with van der Waals surface area (Å²) in [4.78, 5) is 0. The Kier molecular flexibility index (Phi) is 4.07. The van der Waals surface area contributed by atoms with E-state index in [4.69, 9.17) is 5.73 Å². The average Bonchev–Trinajstić information content (AvgIpc) is 2.18. The number of rotatable bonds is 4. The molecule has 0 amide bonds. The first-order valence-electron chi connectivity index (χ1n) is 4.78. The molecule has 14 heavy (non-hydrogen) atoms. The summed E-state index contributed by atoms with van der Waals surface area (Å²) in [5, 5.41) is 19.4. The van der Waals surface area contributed by atoms with Gasteiger partial charge in [-0.1, -0.05) is 24.3 Å². The number of aliphatic hydroxyl groups excluding tert-OH is 2. The van der Waals surface area contributed by atoms with Crippen LogP contribution in [0.4, 0.5) is 0 Å². The normalized spacial score (nSPS) is 15.1. The Morgan fingerprint density at radius 2 is 1.93 bits per heavy atom. The maximum Gasteiger partial charge on any atom is 0.105 e. The summed E-state index contributed by atoms with van der Waals surface area (Å²) in [7, 11) is 0. The molecule has 0 saturated heterocycles. The summed E-state index contributed by atoms with van der Waals surface area (Å²) in [6.45, 7) is 2.29. The lowest BCUT2D eigenvalue weighted by Crippen LogP contribution is -2.22. The minimum atomic E-state index is -0.834. The van der Waals surface area contributed by atoms with E-state index < -0.39 is 12.2 Å². The molecule has 3 nitrogen and oxygen atoms in total. The van der Waals surface area contributed by atoms with Gasteiger partial charge in [0.25, 0.3) is 0 Å². The highest BCUT2D eigenvalue weighted by Gasteiger charge is 2.18. The fourth-order valence-electron chi connectivity index (χ4n) is 1.45. The molecule has 2 unspecified atom stereocenters. The Morgan fingerprint density at radius 1 is 1.29 bits per heavy atom. The molecule has 0 radical (unpaired) electrons. The SMILES string of the molecule is Cc1ccccc1C(O)C(O)CCN. The topological polar surface area (TPSA) is 66.5 Å². The van der Waals surface area contributed by atoms with Gasteiger partial charge in [-0.15, -0.1) is 0 Å². The molecule has 0 aromatic heterocycles. The van der Waals surface area contributed by atoms with Gasteiger partial charge >= 0.3 is 0 Å². The lowest BCUT2D eigenvalue weighted by molar-refractivity contribution is 0.0146. The van der Waals surface area contributed by atoms with E-state index in [-0.39, 0.29) is 0 Å². The van der Waals surface area contributed by atoms with Gasteiger partial charge < -0.3 is 15.9 Å². The highest BCUT2D eigenvalue weighted by atomic mass is 16.3. The zero-order chi connectivity index (χ0) is 10.6. The van der Waals surface area contributed by atoms with Crippen LogP contribution >= 0.6 is 0 Å². The van der Waals surface area contributed by atoms with Crippen molar-refractivity contribution in [3.63, 3.8) is 0 Å². The molecule has 1 rings (SSSR count). The third kappa shape index (κ3) is 2.54. The van der Waals surface area contributed by atoms with Crippen LogP contribution in [0.1, 0.15) is 23.7 Å². The molecule has 0 bridgehead atoms. The second kappa shape index (κ2) is 5.10. The van der Waals surface area contributed by atoms with Gasteiger partial charge in [0.15, 0.2) is 0 Å². The van der Waals surface area contributed by atoms with Crippen molar-refractivity contribution in [3.8, 4) is 0 Å². The molecule has 0 spiro atoms. The minimum Gasteiger partial charge on any atom is -0.390 e. The molecular formula is C11H17NO2. The van der Waals surface area contributed by atoms with Gasteiger partial charge in [0, 0.05) is 0 Å². The molecule has 78 valence electrons. The second-order valence-electron chi connectivity index (χ2n) is 3.45. The third-order valence-electron chi connectivity index (χ3n) is 2.33. The van der Waals surface area contributed by atoms with Crippen molar-refractivity contribution in [3.05, 3.63) is 35.4 Å². The molecule has 4 N–H and O–H groups in total. The molecule has 0 aliphatic heterocycles. The van der Waals surface area contributed by atoms with Gasteiger partial charge in [0.2, 0.25) is 0 Å². The van der Waals surface area contributed by atoms with Crippen LogP contribution in [0.5, 0.6) is 0 Å². The number of aliphatic hydroxyl groups is 2. The van der Waals surface area contributed by atoms with Crippen LogP contribution in [-0.4, -0.2) is 22.9 Å². The fraction of sp³-hybridized carbons (Fsp3) is 0.455. The smallest absolute Gasteiger partial charge is 0.105 e. The molecule has 2 atom stereocenters. The largest absolute Gasteiger partial charge is 0.390 e. The Bertz CT molecular complexity index is 288. The van der Waals surface area contributed by atoms with E-state index in [1.165, 1.54) is 0 Å². The lowest BCUT2D eigenvalue weighted by Gasteiger charge is -2.19. The summed E-state index contributed by atoms with van der Waals surface area (Å²) in [5.41, 5.74) is 7.07. The molecule has 0 fully saturated rings. The predicted octanol–water partition coefficient (Wildman–Crippen LogP) is 0.738. The van der Waals surface area contributed by atoms with Crippen LogP contribution in [0.25, 0.3) is 0 Å². The van der Waals surface area contributed by atoms with Gasteiger partial charge in [0.05, 0.1) is 6.10 Å². The van der Waals surface area contributed by atoms with Crippen LogP contribution in [0.2, 0.25) is 0 Å². The zero-order valence-electron chi connectivity index (χ0n) is 8.35. The van der Waals surface area contributed by atoms with E-state index >= 15 is 0 Å². The van der Waals surface area contributed by atoms with Gasteiger partial charge in [-0.2, -0.15) is 0 Å². The highest BCUT2D eigenvalue weighted by molar-refractivity contribution is 5.28. The first kappa shape index (κ1) is 11.2. The quantitative estimate of drug-likeness (QED) is 0.663. The van der Waals surface area contributed by atoms with Crippen molar-refractivity contribution in [1.82, 2.24) is 0 Å². The van der Waals surface area contributed by atoms with Crippen LogP contribution in [0.15, 0.2) is 24.3 Å². The van der Waals surface area contributed by atoms with Crippen molar-refractivity contribution >= 4 is 0 Å². The number of hydrogen-bond donors (Lipinski definition) is 3. The van der Waals surface area contributed by atoms with Crippen molar-refractivity contribution in [1.29, 1.82) is 0 Å². The number of hydrogen-bond acceptors (Lipinski definition) is 3. The second-order valence-corrected chi connectivity index (χ2v) is 3.45. The first-order valence-corrected chi connectivity index (χ1v) is 4.78. The van der Waals surface area contributed by atoms with E-state index in [0.29, 0.717) is 13.0 Å². The monoisotopic (exact) mass is 195 g/mol. The van der Waals surface area contributed by atoms with E-state index in [1.807, 2.05) is 31.2 Å². The minimum absolute atomic E-state index is 0.379. The molecule has 0 aliphatic rings. The van der Waals surface area contributed by atoms with Gasteiger partial charge in [0.1, 0.15) is 6.10 Å². The average molecular weight is 195 g/mol. The van der Waals surface area contributed by atoms with Crippen LogP contribution < -0.4 is 5.73 Å². The predicted molar refractivity (Wildman–Crippen MR) is 55.8 cm³/mol. The van der Waals surface area contributed by atoms with Crippen LogP contribution in [-0.2, 0) is 0 Å². The Labute approximate surface area is 84.2 Å². The third-order valence-corrected chi connectivity index (χ3v) is 2.33. The maximum atomic E-state index is 9.80. The summed E-state index contributed by atoms with van der Waals surface area (Å²) in [6, 6.07) is 7.48. The van der Waals surface area contributed by atoms with Gasteiger partial charge in [-0.25, -0.2) is 0 Å². The van der Waals surface area contributed by atoms with Crippen LogP contribution in [0, 0.1) is 6.92 Å². The summed E-state index contributed by atoms with van der Waals surface area (Å²) in [5.74, 6) is 0. The van der Waals surface area contributed by atoms with Crippen molar-refractivity contribution in [2.45, 2.75) is 25.6 Å². The molecule has 0 aliphatic carbocycles. The molecule has 1 aromatic carbocycles. The fourth-order valence-corrected chi connectivity index (χ4v) is 1.45. The zero-order valence-corrected chi connectivity index (χ0v) is 8.35. The number of aryl methyl sites for hydroxylation is 1. The number of nitrogens with two attached hydrogens (primary N) is 1. The maximum absolute atomic E-state index is 9.80. The molecular weight excluding hydrogens is 178 g/mol. The van der Waals surface area contributed by atoms with Gasteiger partial charge in [-0.05, 0) is 31.0 Å². The van der Waals surface area contributed by atoms with Crippen molar-refractivity contribution in [2.24, 2.45) is 5.73 Å². The van der Waals surface area contributed by atoms with Gasteiger partial charge in [-0.3, -0.25) is 0 Å². The molecule has 3 heteroatoms. The Balaban J connectivity index is 2.78. The standard InChI is InChI=1S/C11H17NO2/c1-8-4-2-3-5-9(8)11(14)10(13)6-7-12/h2-5,10-11,13-14H,6-7,12H2,1H3. The highest BCUT2D eigenvalue weighted by Crippen LogP contribution is 2.21. The van der Waals surface area contributed by atoms with E-state index in [9.17, 15) is 10.2 Å². The van der Waals surface area contributed by atoms with E-state index in [1.54, 1.807) is 0 Å².